The normalized spacial score (nSPS) is 15.6. The smallest absolute Gasteiger partial charge is 0.0838 e. The van der Waals surface area contributed by atoms with Gasteiger partial charge in [-0.1, -0.05) is 12.1 Å². The number of halogens is 1. The summed E-state index contributed by atoms with van der Waals surface area (Å²) in [6, 6.07) is 10.4. The van der Waals surface area contributed by atoms with Crippen LogP contribution in [0.4, 0.5) is 5.69 Å². The first-order chi connectivity index (χ1) is 9.13. The number of aliphatic hydroxyl groups excluding tert-OH is 1. The molecule has 1 N–H and O–H groups in total. The molecule has 2 heterocycles. The van der Waals surface area contributed by atoms with E-state index in [0.29, 0.717) is 6.42 Å². The fraction of sp³-hybridized carbons (Fsp3) is 0.333. The first kappa shape index (κ1) is 13.2. The summed E-state index contributed by atoms with van der Waals surface area (Å²) in [6.45, 7) is 1.08. The second-order valence-electron chi connectivity index (χ2n) is 4.99. The Bertz CT molecular complexity index is 596. The molecule has 0 fully saturated rings. The van der Waals surface area contributed by atoms with E-state index in [9.17, 15) is 5.11 Å². The van der Waals surface area contributed by atoms with Gasteiger partial charge in [0.15, 0.2) is 0 Å². The van der Waals surface area contributed by atoms with Crippen LogP contribution < -0.4 is 4.90 Å². The van der Waals surface area contributed by atoms with E-state index < -0.39 is 6.10 Å². The van der Waals surface area contributed by atoms with Gasteiger partial charge in [-0.3, -0.25) is 0 Å². The highest BCUT2D eigenvalue weighted by Gasteiger charge is 2.18. The lowest BCUT2D eigenvalue weighted by atomic mass is 10.0. The highest BCUT2D eigenvalue weighted by molar-refractivity contribution is 9.11. The average molecular weight is 338 g/mol. The second-order valence-corrected chi connectivity index (χ2v) is 7.53. The first-order valence-corrected chi connectivity index (χ1v) is 8.00. The lowest BCUT2D eigenvalue weighted by Crippen LogP contribution is -2.12. The van der Waals surface area contributed by atoms with Gasteiger partial charge in [-0.25, -0.2) is 0 Å². The molecule has 2 nitrogen and oxygen atoms in total. The van der Waals surface area contributed by atoms with Gasteiger partial charge in [-0.2, -0.15) is 0 Å². The Kier molecular flexibility index (Phi) is 3.65. The number of fused-ring (bicyclic) bond motifs is 1. The molecule has 0 amide bonds. The van der Waals surface area contributed by atoms with Crippen molar-refractivity contribution in [2.75, 3.05) is 18.5 Å². The third-order valence-corrected chi connectivity index (χ3v) is 5.29. The molecule has 100 valence electrons. The Balaban J connectivity index is 1.79. The van der Waals surface area contributed by atoms with Crippen LogP contribution in [0.1, 0.15) is 22.1 Å². The van der Waals surface area contributed by atoms with Crippen molar-refractivity contribution in [3.63, 3.8) is 0 Å². The summed E-state index contributed by atoms with van der Waals surface area (Å²) in [7, 11) is 2.12. The summed E-state index contributed by atoms with van der Waals surface area (Å²) >= 11 is 5.14. The summed E-state index contributed by atoms with van der Waals surface area (Å²) in [6.07, 6.45) is 1.35. The predicted molar refractivity (Wildman–Crippen MR) is 84.1 cm³/mol. The van der Waals surface area contributed by atoms with Crippen molar-refractivity contribution < 1.29 is 5.11 Å². The molecular formula is C15H16BrNOS. The van der Waals surface area contributed by atoms with Crippen molar-refractivity contribution in [3.8, 4) is 0 Å². The van der Waals surface area contributed by atoms with E-state index >= 15 is 0 Å². The SMILES string of the molecule is CN1CCc2cc(C(O)Cc3ccc(Br)s3)ccc21. The van der Waals surface area contributed by atoms with Gasteiger partial charge in [0.1, 0.15) is 0 Å². The summed E-state index contributed by atoms with van der Waals surface area (Å²) in [5, 5.41) is 10.4. The Morgan fingerprint density at radius 1 is 1.37 bits per heavy atom. The number of nitrogens with zero attached hydrogens (tertiary/aromatic N) is 1. The molecule has 0 aliphatic carbocycles. The Morgan fingerprint density at radius 3 is 2.95 bits per heavy atom. The Labute approximate surface area is 125 Å². The van der Waals surface area contributed by atoms with E-state index in [-0.39, 0.29) is 0 Å². The van der Waals surface area contributed by atoms with Gasteiger partial charge in [0.25, 0.3) is 0 Å². The van der Waals surface area contributed by atoms with Crippen LogP contribution in [-0.2, 0) is 12.8 Å². The molecule has 0 bridgehead atoms. The van der Waals surface area contributed by atoms with Crippen molar-refractivity contribution in [1.82, 2.24) is 0 Å². The first-order valence-electron chi connectivity index (χ1n) is 6.40. The largest absolute Gasteiger partial charge is 0.388 e. The topological polar surface area (TPSA) is 23.5 Å². The molecule has 1 aliphatic heterocycles. The number of rotatable bonds is 3. The van der Waals surface area contributed by atoms with Gasteiger partial charge in [-0.05, 0) is 51.7 Å². The number of hydrogen-bond acceptors (Lipinski definition) is 3. The fourth-order valence-corrected chi connectivity index (χ4v) is 4.08. The van der Waals surface area contributed by atoms with Crippen molar-refractivity contribution in [1.29, 1.82) is 0 Å². The summed E-state index contributed by atoms with van der Waals surface area (Å²) in [5.74, 6) is 0. The number of benzene rings is 1. The van der Waals surface area contributed by atoms with E-state index in [1.54, 1.807) is 11.3 Å². The molecule has 1 unspecified atom stereocenters. The molecule has 1 aliphatic rings. The number of anilines is 1. The van der Waals surface area contributed by atoms with E-state index in [2.05, 4.69) is 46.1 Å². The van der Waals surface area contributed by atoms with E-state index in [1.165, 1.54) is 16.1 Å². The van der Waals surface area contributed by atoms with Gasteiger partial charge >= 0.3 is 0 Å². The fourth-order valence-electron chi connectivity index (χ4n) is 2.56. The Hall–Kier alpha value is -0.840. The number of hydrogen-bond donors (Lipinski definition) is 1. The van der Waals surface area contributed by atoms with Crippen LogP contribution in [0.15, 0.2) is 34.1 Å². The molecule has 3 rings (SSSR count). The highest BCUT2D eigenvalue weighted by Crippen LogP contribution is 2.31. The maximum Gasteiger partial charge on any atom is 0.0838 e. The summed E-state index contributed by atoms with van der Waals surface area (Å²) < 4.78 is 1.12. The average Bonchev–Trinajstić information content (AvgIpc) is 2.96. The van der Waals surface area contributed by atoms with Gasteiger partial charge in [-0.15, -0.1) is 11.3 Å². The molecule has 1 aromatic carbocycles. The molecule has 19 heavy (non-hydrogen) atoms. The van der Waals surface area contributed by atoms with Crippen LogP contribution in [0.3, 0.4) is 0 Å². The molecule has 2 aromatic rings. The van der Waals surface area contributed by atoms with Gasteiger partial charge in [0.05, 0.1) is 9.89 Å². The maximum absolute atomic E-state index is 10.4. The zero-order valence-corrected chi connectivity index (χ0v) is 13.2. The van der Waals surface area contributed by atoms with Crippen LogP contribution in [-0.4, -0.2) is 18.7 Å². The molecule has 0 saturated heterocycles. The minimum Gasteiger partial charge on any atom is -0.388 e. The van der Waals surface area contributed by atoms with Gasteiger partial charge in [0, 0.05) is 30.6 Å². The standard InChI is InChI=1S/C15H16BrNOS/c1-17-7-6-10-8-11(2-4-13(10)17)14(18)9-12-3-5-15(16)19-12/h2-5,8,14,18H,6-7,9H2,1H3. The minimum atomic E-state index is -0.415. The van der Waals surface area contributed by atoms with Crippen LogP contribution in [0.5, 0.6) is 0 Å². The zero-order valence-electron chi connectivity index (χ0n) is 10.8. The Morgan fingerprint density at radius 2 is 2.21 bits per heavy atom. The number of thiophene rings is 1. The van der Waals surface area contributed by atoms with Crippen LogP contribution in [0, 0.1) is 0 Å². The highest BCUT2D eigenvalue weighted by atomic mass is 79.9. The molecular weight excluding hydrogens is 322 g/mol. The zero-order chi connectivity index (χ0) is 13.4. The lowest BCUT2D eigenvalue weighted by Gasteiger charge is -2.14. The van der Waals surface area contributed by atoms with Crippen molar-refractivity contribution >= 4 is 33.0 Å². The van der Waals surface area contributed by atoms with E-state index in [1.807, 2.05) is 12.1 Å². The quantitative estimate of drug-likeness (QED) is 0.921. The third kappa shape index (κ3) is 2.71. The van der Waals surface area contributed by atoms with Gasteiger partial charge in [0.2, 0.25) is 0 Å². The van der Waals surface area contributed by atoms with Crippen molar-refractivity contribution in [3.05, 3.63) is 50.1 Å². The molecule has 4 heteroatoms. The van der Waals surface area contributed by atoms with E-state index in [4.69, 9.17) is 0 Å². The molecule has 1 atom stereocenters. The third-order valence-electron chi connectivity index (χ3n) is 3.64. The number of aliphatic hydroxyl groups is 1. The van der Waals surface area contributed by atoms with Gasteiger partial charge < -0.3 is 10.0 Å². The van der Waals surface area contributed by atoms with Crippen LogP contribution >= 0.6 is 27.3 Å². The van der Waals surface area contributed by atoms with Crippen molar-refractivity contribution in [2.45, 2.75) is 18.9 Å². The van der Waals surface area contributed by atoms with E-state index in [0.717, 1.165) is 22.3 Å². The maximum atomic E-state index is 10.4. The monoisotopic (exact) mass is 337 g/mol. The lowest BCUT2D eigenvalue weighted by molar-refractivity contribution is 0.179. The summed E-state index contributed by atoms with van der Waals surface area (Å²) in [4.78, 5) is 3.47. The summed E-state index contributed by atoms with van der Waals surface area (Å²) in [5.41, 5.74) is 3.68. The predicted octanol–water partition coefficient (Wildman–Crippen LogP) is 3.78. The number of likely N-dealkylation sites (N-methyl/N-ethyl adjacent to an activating group) is 1. The molecule has 0 saturated carbocycles. The molecule has 0 radical (unpaired) electrons. The molecule has 0 spiro atoms. The molecule has 1 aromatic heterocycles. The van der Waals surface area contributed by atoms with Crippen LogP contribution in [0.2, 0.25) is 0 Å². The van der Waals surface area contributed by atoms with Crippen molar-refractivity contribution in [2.24, 2.45) is 0 Å². The second kappa shape index (κ2) is 5.27. The minimum absolute atomic E-state index is 0.415. The van der Waals surface area contributed by atoms with Crippen LogP contribution in [0.25, 0.3) is 0 Å².